The van der Waals surface area contributed by atoms with Gasteiger partial charge in [-0.2, -0.15) is 0 Å². The molecule has 1 saturated carbocycles. The monoisotopic (exact) mass is 246 g/mol. The Hall–Kier alpha value is -1.35. The molecule has 1 aromatic carbocycles. The molecule has 3 nitrogen and oxygen atoms in total. The minimum atomic E-state index is -0.127. The first-order chi connectivity index (χ1) is 8.70. The number of hydrogen-bond acceptors (Lipinski definition) is 2. The highest BCUT2D eigenvalue weighted by atomic mass is 16.2. The van der Waals surface area contributed by atoms with Crippen molar-refractivity contribution in [2.75, 3.05) is 13.6 Å². The molecule has 0 atom stereocenters. The highest BCUT2D eigenvalue weighted by Crippen LogP contribution is 2.45. The number of nitrogens with one attached hydrogen (secondary N) is 2. The van der Waals surface area contributed by atoms with Crippen molar-refractivity contribution in [1.82, 2.24) is 10.6 Å². The van der Waals surface area contributed by atoms with Gasteiger partial charge in [0.15, 0.2) is 0 Å². The van der Waals surface area contributed by atoms with Gasteiger partial charge in [-0.05, 0) is 37.4 Å². The third kappa shape index (κ3) is 2.91. The summed E-state index contributed by atoms with van der Waals surface area (Å²) in [7, 11) is 1.90. The summed E-state index contributed by atoms with van der Waals surface area (Å²) in [5.74, 6) is 0.191. The Kier molecular flexibility index (Phi) is 4.02. The van der Waals surface area contributed by atoms with Crippen LogP contribution in [0.15, 0.2) is 24.3 Å². The lowest BCUT2D eigenvalue weighted by Gasteiger charge is -2.14. The Balaban J connectivity index is 1.85. The van der Waals surface area contributed by atoms with Gasteiger partial charge >= 0.3 is 0 Å². The predicted molar refractivity (Wildman–Crippen MR) is 73.3 cm³/mol. The van der Waals surface area contributed by atoms with Crippen molar-refractivity contribution < 1.29 is 4.79 Å². The standard InChI is InChI=1S/C15H22N2O/c1-3-12-4-6-13(7-5-12)10-17-14(18)15(8-9-15)11-16-2/h4-7,16H,3,8-11H2,1-2H3,(H,17,18). The van der Waals surface area contributed by atoms with Gasteiger partial charge in [0, 0.05) is 13.1 Å². The van der Waals surface area contributed by atoms with Gasteiger partial charge in [0.2, 0.25) is 5.91 Å². The first-order valence-electron chi connectivity index (χ1n) is 6.71. The molecule has 0 saturated heterocycles. The second-order valence-corrected chi connectivity index (χ2v) is 5.16. The molecular weight excluding hydrogens is 224 g/mol. The average Bonchev–Trinajstić information content (AvgIpc) is 3.18. The molecule has 1 fully saturated rings. The molecule has 0 radical (unpaired) electrons. The van der Waals surface area contributed by atoms with E-state index in [-0.39, 0.29) is 11.3 Å². The van der Waals surface area contributed by atoms with E-state index in [2.05, 4.69) is 41.8 Å². The number of rotatable bonds is 6. The van der Waals surface area contributed by atoms with Crippen LogP contribution in [0.4, 0.5) is 0 Å². The van der Waals surface area contributed by atoms with Crippen LogP contribution in [0.25, 0.3) is 0 Å². The van der Waals surface area contributed by atoms with Crippen LogP contribution in [-0.4, -0.2) is 19.5 Å². The van der Waals surface area contributed by atoms with Crippen molar-refractivity contribution in [3.63, 3.8) is 0 Å². The molecule has 18 heavy (non-hydrogen) atoms. The number of aryl methyl sites for hydroxylation is 1. The van der Waals surface area contributed by atoms with Gasteiger partial charge in [-0.3, -0.25) is 4.79 Å². The maximum absolute atomic E-state index is 12.1. The molecule has 0 aromatic heterocycles. The summed E-state index contributed by atoms with van der Waals surface area (Å²) in [6.07, 6.45) is 3.07. The summed E-state index contributed by atoms with van der Waals surface area (Å²) in [6, 6.07) is 8.44. The fraction of sp³-hybridized carbons (Fsp3) is 0.533. The number of amides is 1. The molecule has 98 valence electrons. The zero-order valence-electron chi connectivity index (χ0n) is 11.3. The van der Waals surface area contributed by atoms with Gasteiger partial charge in [-0.1, -0.05) is 31.2 Å². The highest BCUT2D eigenvalue weighted by Gasteiger charge is 2.48. The van der Waals surface area contributed by atoms with Crippen LogP contribution in [0, 0.1) is 5.41 Å². The number of benzene rings is 1. The van der Waals surface area contributed by atoms with Gasteiger partial charge in [-0.25, -0.2) is 0 Å². The molecular formula is C15H22N2O. The van der Waals surface area contributed by atoms with Gasteiger partial charge in [0.25, 0.3) is 0 Å². The summed E-state index contributed by atoms with van der Waals surface area (Å²) in [5, 5.41) is 6.15. The second kappa shape index (κ2) is 5.53. The average molecular weight is 246 g/mol. The molecule has 1 aliphatic rings. The van der Waals surface area contributed by atoms with Crippen LogP contribution in [0.5, 0.6) is 0 Å². The predicted octanol–water partition coefficient (Wildman–Crippen LogP) is 1.86. The summed E-state index contributed by atoms with van der Waals surface area (Å²) in [6.45, 7) is 3.56. The number of carbonyl (C=O) groups excluding carboxylic acids is 1. The lowest BCUT2D eigenvalue weighted by Crippen LogP contribution is -2.37. The fourth-order valence-electron chi connectivity index (χ4n) is 2.24. The molecule has 1 aromatic rings. The van der Waals surface area contributed by atoms with E-state index in [0.717, 1.165) is 25.8 Å². The van der Waals surface area contributed by atoms with Crippen LogP contribution in [-0.2, 0) is 17.8 Å². The third-order valence-corrected chi connectivity index (χ3v) is 3.73. The van der Waals surface area contributed by atoms with Crippen molar-refractivity contribution >= 4 is 5.91 Å². The van der Waals surface area contributed by atoms with Gasteiger partial charge in [0.05, 0.1) is 5.41 Å². The van der Waals surface area contributed by atoms with Crippen LogP contribution in [0.2, 0.25) is 0 Å². The van der Waals surface area contributed by atoms with E-state index in [9.17, 15) is 4.79 Å². The van der Waals surface area contributed by atoms with Crippen molar-refractivity contribution in [2.45, 2.75) is 32.7 Å². The van der Waals surface area contributed by atoms with Gasteiger partial charge in [0.1, 0.15) is 0 Å². The van der Waals surface area contributed by atoms with Crippen LogP contribution in [0.1, 0.15) is 30.9 Å². The Bertz CT molecular complexity index is 407. The van der Waals surface area contributed by atoms with E-state index in [1.807, 2.05) is 7.05 Å². The molecule has 1 aliphatic carbocycles. The summed E-state index contributed by atoms with van der Waals surface area (Å²) < 4.78 is 0. The maximum Gasteiger partial charge on any atom is 0.227 e. The van der Waals surface area contributed by atoms with Crippen LogP contribution >= 0.6 is 0 Å². The molecule has 0 unspecified atom stereocenters. The van der Waals surface area contributed by atoms with Crippen molar-refractivity contribution in [3.05, 3.63) is 35.4 Å². The molecule has 0 bridgehead atoms. The van der Waals surface area contributed by atoms with E-state index < -0.39 is 0 Å². The van der Waals surface area contributed by atoms with Crippen molar-refractivity contribution in [3.8, 4) is 0 Å². The lowest BCUT2D eigenvalue weighted by atomic mass is 10.1. The molecule has 1 amide bonds. The summed E-state index contributed by atoms with van der Waals surface area (Å²) in [4.78, 5) is 12.1. The van der Waals surface area contributed by atoms with Gasteiger partial charge in [-0.15, -0.1) is 0 Å². The van der Waals surface area contributed by atoms with Crippen molar-refractivity contribution in [1.29, 1.82) is 0 Å². The van der Waals surface area contributed by atoms with Crippen LogP contribution < -0.4 is 10.6 Å². The first kappa shape index (κ1) is 13.1. The first-order valence-corrected chi connectivity index (χ1v) is 6.71. The van der Waals surface area contributed by atoms with E-state index >= 15 is 0 Å². The number of carbonyl (C=O) groups is 1. The normalized spacial score (nSPS) is 16.3. The van der Waals surface area contributed by atoms with E-state index in [4.69, 9.17) is 0 Å². The van der Waals surface area contributed by atoms with Crippen LogP contribution in [0.3, 0.4) is 0 Å². The Morgan fingerprint density at radius 2 is 1.83 bits per heavy atom. The highest BCUT2D eigenvalue weighted by molar-refractivity contribution is 5.85. The minimum absolute atomic E-state index is 0.127. The largest absolute Gasteiger partial charge is 0.352 e. The Morgan fingerprint density at radius 3 is 2.33 bits per heavy atom. The quantitative estimate of drug-likeness (QED) is 0.804. The Morgan fingerprint density at radius 1 is 1.22 bits per heavy atom. The zero-order chi connectivity index (χ0) is 13.0. The molecule has 3 heteroatoms. The van der Waals surface area contributed by atoms with Crippen molar-refractivity contribution in [2.24, 2.45) is 5.41 Å². The summed E-state index contributed by atoms with van der Waals surface area (Å²) in [5.41, 5.74) is 2.37. The molecule has 2 N–H and O–H groups in total. The zero-order valence-corrected chi connectivity index (χ0v) is 11.3. The van der Waals surface area contributed by atoms with E-state index in [1.54, 1.807) is 0 Å². The Labute approximate surface area is 109 Å². The maximum atomic E-state index is 12.1. The fourth-order valence-corrected chi connectivity index (χ4v) is 2.24. The third-order valence-electron chi connectivity index (χ3n) is 3.73. The molecule has 0 heterocycles. The molecule has 2 rings (SSSR count). The molecule has 0 aliphatic heterocycles. The smallest absolute Gasteiger partial charge is 0.227 e. The topological polar surface area (TPSA) is 41.1 Å². The second-order valence-electron chi connectivity index (χ2n) is 5.16. The minimum Gasteiger partial charge on any atom is -0.352 e. The SMILES string of the molecule is CCc1ccc(CNC(=O)C2(CNC)CC2)cc1. The summed E-state index contributed by atoms with van der Waals surface area (Å²) >= 11 is 0. The van der Waals surface area contributed by atoms with E-state index in [1.165, 1.54) is 11.1 Å². The molecule has 0 spiro atoms. The van der Waals surface area contributed by atoms with Gasteiger partial charge < -0.3 is 10.6 Å². The number of hydrogen-bond donors (Lipinski definition) is 2. The lowest BCUT2D eigenvalue weighted by molar-refractivity contribution is -0.126. The van der Waals surface area contributed by atoms with E-state index in [0.29, 0.717) is 6.54 Å².